The Labute approximate surface area is 170 Å². The van der Waals surface area contributed by atoms with E-state index in [4.69, 9.17) is 4.52 Å². The molecule has 3 heterocycles. The number of rotatable bonds is 4. The van der Waals surface area contributed by atoms with Gasteiger partial charge in [0.25, 0.3) is 0 Å². The summed E-state index contributed by atoms with van der Waals surface area (Å²) in [5.41, 5.74) is 2.34. The zero-order valence-corrected chi connectivity index (χ0v) is 17.0. The first-order valence-electron chi connectivity index (χ1n) is 10.2. The summed E-state index contributed by atoms with van der Waals surface area (Å²) in [4.78, 5) is 35.4. The van der Waals surface area contributed by atoms with Crippen LogP contribution in [-0.2, 0) is 22.6 Å². The molecular weight excluding hydrogens is 370 g/mol. The van der Waals surface area contributed by atoms with Crippen molar-refractivity contribution in [3.63, 3.8) is 0 Å². The molecule has 0 N–H and O–H groups in total. The second-order valence-corrected chi connectivity index (χ2v) is 7.77. The molecule has 2 aromatic rings. The molecule has 1 atom stereocenters. The van der Waals surface area contributed by atoms with Crippen LogP contribution >= 0.6 is 0 Å². The molecule has 29 heavy (non-hydrogen) atoms. The van der Waals surface area contributed by atoms with Crippen LogP contribution in [0.25, 0.3) is 0 Å². The Morgan fingerprint density at radius 1 is 1.14 bits per heavy atom. The number of nitrogens with zero attached hydrogens (tertiary/aromatic N) is 5. The molecule has 1 fully saturated rings. The number of amides is 2. The number of carbonyl (C=O) groups is 2. The van der Waals surface area contributed by atoms with Gasteiger partial charge in [-0.1, -0.05) is 29.4 Å². The van der Waals surface area contributed by atoms with Crippen molar-refractivity contribution in [2.24, 2.45) is 0 Å². The molecule has 0 aliphatic carbocycles. The largest absolute Gasteiger partial charge is 0.340 e. The van der Waals surface area contributed by atoms with Crippen molar-refractivity contribution in [1.29, 1.82) is 0 Å². The molecule has 8 heteroatoms. The van der Waals surface area contributed by atoms with Gasteiger partial charge in [0.15, 0.2) is 5.82 Å². The third kappa shape index (κ3) is 4.32. The summed E-state index contributed by atoms with van der Waals surface area (Å²) in [6.45, 7) is 7.56. The van der Waals surface area contributed by atoms with Gasteiger partial charge in [-0.05, 0) is 17.5 Å². The Morgan fingerprint density at radius 2 is 1.90 bits per heavy atom. The summed E-state index contributed by atoms with van der Waals surface area (Å²) in [5, 5.41) is 3.94. The molecule has 0 radical (unpaired) electrons. The lowest BCUT2D eigenvalue weighted by Crippen LogP contribution is -2.49. The van der Waals surface area contributed by atoms with Gasteiger partial charge < -0.3 is 14.3 Å². The minimum atomic E-state index is -0.176. The van der Waals surface area contributed by atoms with Crippen LogP contribution < -0.4 is 0 Å². The fourth-order valence-electron chi connectivity index (χ4n) is 4.30. The average molecular weight is 397 g/mol. The number of piperazine rings is 1. The summed E-state index contributed by atoms with van der Waals surface area (Å²) in [6.07, 6.45) is 1.18. The van der Waals surface area contributed by atoms with Crippen LogP contribution in [0.1, 0.15) is 42.2 Å². The van der Waals surface area contributed by atoms with Crippen LogP contribution in [0.4, 0.5) is 0 Å². The summed E-state index contributed by atoms with van der Waals surface area (Å²) in [7, 11) is 0. The van der Waals surface area contributed by atoms with Crippen LogP contribution in [-0.4, -0.2) is 69.4 Å². The van der Waals surface area contributed by atoms with E-state index in [0.29, 0.717) is 44.3 Å². The van der Waals surface area contributed by atoms with Gasteiger partial charge >= 0.3 is 0 Å². The molecule has 2 aliphatic rings. The molecule has 154 valence electrons. The van der Waals surface area contributed by atoms with Crippen molar-refractivity contribution in [2.75, 3.05) is 32.7 Å². The highest BCUT2D eigenvalue weighted by Crippen LogP contribution is 2.32. The van der Waals surface area contributed by atoms with Gasteiger partial charge in [-0.3, -0.25) is 14.5 Å². The summed E-state index contributed by atoms with van der Waals surface area (Å²) < 4.78 is 5.02. The van der Waals surface area contributed by atoms with E-state index in [1.165, 1.54) is 5.56 Å². The van der Waals surface area contributed by atoms with Crippen molar-refractivity contribution < 1.29 is 14.1 Å². The molecule has 1 aromatic heterocycles. The van der Waals surface area contributed by atoms with Crippen molar-refractivity contribution in [2.45, 2.75) is 39.3 Å². The quantitative estimate of drug-likeness (QED) is 0.779. The first-order chi connectivity index (χ1) is 14.0. The Kier molecular flexibility index (Phi) is 5.62. The maximum absolute atomic E-state index is 13.0. The monoisotopic (exact) mass is 397 g/mol. The molecule has 2 amide bonds. The number of hydrogen-bond acceptors (Lipinski definition) is 6. The van der Waals surface area contributed by atoms with Crippen molar-refractivity contribution >= 4 is 11.8 Å². The molecule has 1 aromatic carbocycles. The normalized spacial score (nSPS) is 19.9. The minimum Gasteiger partial charge on any atom is -0.340 e. The molecule has 1 saturated heterocycles. The topological polar surface area (TPSA) is 82.8 Å². The van der Waals surface area contributed by atoms with Gasteiger partial charge in [0.2, 0.25) is 17.7 Å². The average Bonchev–Trinajstić information content (AvgIpc) is 3.13. The Hall–Kier alpha value is -2.74. The van der Waals surface area contributed by atoms with E-state index < -0.39 is 0 Å². The van der Waals surface area contributed by atoms with E-state index in [2.05, 4.69) is 21.1 Å². The lowest BCUT2D eigenvalue weighted by Gasteiger charge is -2.39. The highest BCUT2D eigenvalue weighted by molar-refractivity contribution is 5.80. The SMILES string of the molecule is CC(=O)N1CCc2ccccc2[C@@H]1CC(=O)N1CCN(Cc2noc(C)n2)CC1. The lowest BCUT2D eigenvalue weighted by atomic mass is 9.90. The molecule has 2 aliphatic heterocycles. The smallest absolute Gasteiger partial charge is 0.225 e. The summed E-state index contributed by atoms with van der Waals surface area (Å²) >= 11 is 0. The predicted molar refractivity (Wildman–Crippen MR) is 106 cm³/mol. The zero-order valence-electron chi connectivity index (χ0n) is 17.0. The lowest BCUT2D eigenvalue weighted by molar-refractivity contribution is -0.137. The number of benzene rings is 1. The Balaban J connectivity index is 1.38. The fourth-order valence-corrected chi connectivity index (χ4v) is 4.30. The van der Waals surface area contributed by atoms with E-state index in [9.17, 15) is 9.59 Å². The minimum absolute atomic E-state index is 0.0255. The summed E-state index contributed by atoms with van der Waals surface area (Å²) in [5.74, 6) is 1.38. The second-order valence-electron chi connectivity index (χ2n) is 7.77. The van der Waals surface area contributed by atoms with Gasteiger partial charge in [0.1, 0.15) is 0 Å². The van der Waals surface area contributed by atoms with Gasteiger partial charge in [-0.2, -0.15) is 4.98 Å². The van der Waals surface area contributed by atoms with E-state index >= 15 is 0 Å². The molecule has 0 saturated carbocycles. The van der Waals surface area contributed by atoms with Crippen LogP contribution in [0.5, 0.6) is 0 Å². The maximum atomic E-state index is 13.0. The highest BCUT2D eigenvalue weighted by atomic mass is 16.5. The van der Waals surface area contributed by atoms with E-state index in [1.807, 2.05) is 28.0 Å². The third-order valence-electron chi connectivity index (χ3n) is 5.84. The van der Waals surface area contributed by atoms with E-state index in [1.54, 1.807) is 13.8 Å². The highest BCUT2D eigenvalue weighted by Gasteiger charge is 2.32. The number of carbonyl (C=O) groups excluding carboxylic acids is 2. The van der Waals surface area contributed by atoms with E-state index in [0.717, 1.165) is 25.1 Å². The fraction of sp³-hybridized carbons (Fsp3) is 0.524. The van der Waals surface area contributed by atoms with Crippen LogP contribution in [0, 0.1) is 6.92 Å². The second kappa shape index (κ2) is 8.32. The van der Waals surface area contributed by atoms with Crippen LogP contribution in [0.2, 0.25) is 0 Å². The van der Waals surface area contributed by atoms with Gasteiger partial charge in [0.05, 0.1) is 19.0 Å². The zero-order chi connectivity index (χ0) is 20.4. The molecule has 0 bridgehead atoms. The predicted octanol–water partition coefficient (Wildman–Crippen LogP) is 1.56. The third-order valence-corrected chi connectivity index (χ3v) is 5.84. The molecule has 8 nitrogen and oxygen atoms in total. The maximum Gasteiger partial charge on any atom is 0.225 e. The van der Waals surface area contributed by atoms with E-state index in [-0.39, 0.29) is 17.9 Å². The number of hydrogen-bond donors (Lipinski definition) is 0. The molecule has 0 spiro atoms. The standard InChI is InChI=1S/C21H27N5O3/c1-15-22-20(23-29-15)14-24-9-11-25(12-10-24)21(28)13-19-18-6-4-3-5-17(18)7-8-26(19)16(2)27/h3-6,19H,7-14H2,1-2H3/t19-/m0/s1. The Morgan fingerprint density at radius 3 is 2.59 bits per heavy atom. The number of aromatic nitrogens is 2. The first-order valence-corrected chi connectivity index (χ1v) is 10.2. The van der Waals surface area contributed by atoms with Crippen molar-refractivity contribution in [3.05, 3.63) is 47.1 Å². The van der Waals surface area contributed by atoms with Crippen LogP contribution in [0.3, 0.4) is 0 Å². The summed E-state index contributed by atoms with van der Waals surface area (Å²) in [6, 6.07) is 7.98. The first kappa shape index (κ1) is 19.6. The van der Waals surface area contributed by atoms with Gasteiger partial charge in [-0.15, -0.1) is 0 Å². The van der Waals surface area contributed by atoms with Crippen molar-refractivity contribution in [3.8, 4) is 0 Å². The molecule has 0 unspecified atom stereocenters. The molecule has 4 rings (SSSR count). The molecular formula is C21H27N5O3. The Bertz CT molecular complexity index is 888. The van der Waals surface area contributed by atoms with Gasteiger partial charge in [-0.25, -0.2) is 0 Å². The number of fused-ring (bicyclic) bond motifs is 1. The number of aryl methyl sites for hydroxylation is 1. The van der Waals surface area contributed by atoms with Crippen molar-refractivity contribution in [1.82, 2.24) is 24.8 Å². The van der Waals surface area contributed by atoms with Crippen LogP contribution in [0.15, 0.2) is 28.8 Å². The van der Waals surface area contributed by atoms with Gasteiger partial charge in [0, 0.05) is 46.6 Å².